The van der Waals surface area contributed by atoms with E-state index in [1.807, 2.05) is 62.4 Å². The van der Waals surface area contributed by atoms with Crippen molar-refractivity contribution in [2.45, 2.75) is 44.8 Å². The van der Waals surface area contributed by atoms with Crippen molar-refractivity contribution in [2.75, 3.05) is 19.0 Å². The number of carbonyl (C=O) groups excluding carboxylic acids is 1. The predicted molar refractivity (Wildman–Crippen MR) is 146 cm³/mol. The number of fused-ring (bicyclic) bond motifs is 2. The highest BCUT2D eigenvalue weighted by Crippen LogP contribution is 2.42. The van der Waals surface area contributed by atoms with Crippen LogP contribution < -0.4 is 15.8 Å². The fourth-order valence-electron chi connectivity index (χ4n) is 4.84. The monoisotopic (exact) mass is 496 g/mol. The van der Waals surface area contributed by atoms with E-state index in [1.54, 1.807) is 26.3 Å². The number of aromatic nitrogens is 2. The second-order valence-corrected chi connectivity index (χ2v) is 10.4. The Labute approximate surface area is 216 Å². The molecule has 2 aromatic heterocycles. The van der Waals surface area contributed by atoms with Crippen LogP contribution in [-0.2, 0) is 11.1 Å². The van der Waals surface area contributed by atoms with Gasteiger partial charge in [0.2, 0.25) is 0 Å². The first-order valence-corrected chi connectivity index (χ1v) is 12.4. The molecular formula is C30H32N4O3. The van der Waals surface area contributed by atoms with Gasteiger partial charge in [0.25, 0.3) is 0 Å². The van der Waals surface area contributed by atoms with Gasteiger partial charge < -0.3 is 20.9 Å². The van der Waals surface area contributed by atoms with Gasteiger partial charge in [0.1, 0.15) is 16.9 Å². The van der Waals surface area contributed by atoms with E-state index in [0.29, 0.717) is 29.1 Å². The average molecular weight is 497 g/mol. The highest BCUT2D eigenvalue weighted by molar-refractivity contribution is 6.01. The third kappa shape index (κ3) is 4.68. The number of nitrogens with one attached hydrogen (secondary N) is 1. The van der Waals surface area contributed by atoms with Crippen LogP contribution in [0.2, 0.25) is 0 Å². The molecule has 0 spiro atoms. The molecule has 4 N–H and O–H groups in total. The molecule has 1 aliphatic rings. The Morgan fingerprint density at radius 1 is 1.22 bits per heavy atom. The van der Waals surface area contributed by atoms with Gasteiger partial charge in [0.15, 0.2) is 5.78 Å². The molecule has 37 heavy (non-hydrogen) atoms. The fraction of sp³-hybridized carbons (Fsp3) is 0.300. The van der Waals surface area contributed by atoms with E-state index in [-0.39, 0.29) is 18.6 Å². The van der Waals surface area contributed by atoms with Crippen LogP contribution in [-0.4, -0.2) is 34.5 Å². The van der Waals surface area contributed by atoms with Crippen LogP contribution >= 0.6 is 0 Å². The summed E-state index contributed by atoms with van der Waals surface area (Å²) in [7, 11) is 1.56. The predicted octanol–water partition coefficient (Wildman–Crippen LogP) is 5.08. The lowest BCUT2D eigenvalue weighted by Gasteiger charge is -2.26. The second kappa shape index (κ2) is 9.25. The largest absolute Gasteiger partial charge is 0.494 e. The summed E-state index contributed by atoms with van der Waals surface area (Å²) >= 11 is 0. The zero-order valence-electron chi connectivity index (χ0n) is 21.6. The first-order chi connectivity index (χ1) is 17.6. The fourth-order valence-corrected chi connectivity index (χ4v) is 4.84. The molecule has 0 fully saturated rings. The maximum atomic E-state index is 13.2. The van der Waals surface area contributed by atoms with Crippen molar-refractivity contribution < 1.29 is 14.6 Å². The van der Waals surface area contributed by atoms with E-state index in [9.17, 15) is 9.90 Å². The van der Waals surface area contributed by atoms with Crippen molar-refractivity contribution in [3.05, 3.63) is 83.2 Å². The number of ether oxygens (including phenoxy) is 1. The minimum absolute atomic E-state index is 0.0884. The van der Waals surface area contributed by atoms with E-state index < -0.39 is 11.1 Å². The molecule has 0 radical (unpaired) electrons. The molecule has 2 atom stereocenters. The number of nitrogens with zero attached hydrogens (tertiary/aromatic N) is 2. The molecular weight excluding hydrogens is 464 g/mol. The lowest BCUT2D eigenvalue weighted by atomic mass is 9.87. The minimum Gasteiger partial charge on any atom is -0.494 e. The summed E-state index contributed by atoms with van der Waals surface area (Å²) in [6.45, 7) is 6.28. The van der Waals surface area contributed by atoms with E-state index in [0.717, 1.165) is 33.5 Å². The number of hydrogen-bond donors (Lipinski definition) is 3. The van der Waals surface area contributed by atoms with Crippen LogP contribution in [0.4, 0.5) is 5.69 Å². The zero-order chi connectivity index (χ0) is 26.4. The Morgan fingerprint density at radius 2 is 1.97 bits per heavy atom. The molecule has 4 aromatic rings. The number of aliphatic hydroxyl groups is 1. The summed E-state index contributed by atoms with van der Waals surface area (Å²) in [6.07, 6.45) is 2.03. The SMILES string of the molecule is COc1cc(C(=O)CCC(C)(O)c2cc3c(c(-c4ccc(C)cc4)n2)NCC3(C)N)cc2cccnc12. The summed E-state index contributed by atoms with van der Waals surface area (Å²) < 4.78 is 5.47. The normalized spacial score (nSPS) is 18.2. The maximum absolute atomic E-state index is 13.2. The van der Waals surface area contributed by atoms with Gasteiger partial charge >= 0.3 is 0 Å². The number of aryl methyl sites for hydroxylation is 1. The number of rotatable bonds is 7. The van der Waals surface area contributed by atoms with Gasteiger partial charge in [0.05, 0.1) is 29.7 Å². The highest BCUT2D eigenvalue weighted by Gasteiger charge is 2.36. The number of carbonyl (C=O) groups is 1. The first kappa shape index (κ1) is 24.9. The van der Waals surface area contributed by atoms with E-state index in [1.165, 1.54) is 0 Å². The molecule has 7 heteroatoms. The molecule has 2 aromatic carbocycles. The molecule has 190 valence electrons. The molecule has 0 amide bonds. The lowest BCUT2D eigenvalue weighted by Crippen LogP contribution is -2.35. The third-order valence-electron chi connectivity index (χ3n) is 7.19. The molecule has 0 aliphatic carbocycles. The van der Waals surface area contributed by atoms with Crippen LogP contribution in [0.25, 0.3) is 22.2 Å². The van der Waals surface area contributed by atoms with Gasteiger partial charge in [-0.05, 0) is 51.5 Å². The lowest BCUT2D eigenvalue weighted by molar-refractivity contribution is 0.0397. The Morgan fingerprint density at radius 3 is 2.70 bits per heavy atom. The molecule has 0 saturated heterocycles. The number of hydrogen-bond acceptors (Lipinski definition) is 7. The van der Waals surface area contributed by atoms with Crippen LogP contribution in [0.3, 0.4) is 0 Å². The summed E-state index contributed by atoms with van der Waals surface area (Å²) in [5, 5.41) is 15.8. The minimum atomic E-state index is -1.34. The maximum Gasteiger partial charge on any atom is 0.163 e. The van der Waals surface area contributed by atoms with Crippen molar-refractivity contribution >= 4 is 22.4 Å². The van der Waals surface area contributed by atoms with Gasteiger partial charge in [-0.25, -0.2) is 4.98 Å². The van der Waals surface area contributed by atoms with Crippen molar-refractivity contribution in [2.24, 2.45) is 5.73 Å². The van der Waals surface area contributed by atoms with Crippen LogP contribution in [0.1, 0.15) is 53.9 Å². The van der Waals surface area contributed by atoms with Crippen molar-refractivity contribution in [3.8, 4) is 17.0 Å². The van der Waals surface area contributed by atoms with Crippen molar-refractivity contribution in [1.29, 1.82) is 0 Å². The van der Waals surface area contributed by atoms with Gasteiger partial charge in [-0.2, -0.15) is 0 Å². The number of Topliss-reactive ketones (excluding diaryl/α,β-unsaturated/α-hetero) is 1. The Bertz CT molecular complexity index is 1490. The number of ketones is 1. The molecule has 7 nitrogen and oxygen atoms in total. The van der Waals surface area contributed by atoms with Crippen LogP contribution in [0.5, 0.6) is 5.75 Å². The first-order valence-electron chi connectivity index (χ1n) is 12.4. The molecule has 2 unspecified atom stereocenters. The van der Waals surface area contributed by atoms with Gasteiger partial charge in [0, 0.05) is 41.2 Å². The summed E-state index contributed by atoms with van der Waals surface area (Å²) in [6, 6.07) is 17.3. The number of methoxy groups -OCH3 is 1. The molecule has 5 rings (SSSR count). The number of nitrogens with two attached hydrogens (primary N) is 1. The smallest absolute Gasteiger partial charge is 0.163 e. The molecule has 1 aliphatic heterocycles. The Balaban J connectivity index is 1.46. The third-order valence-corrected chi connectivity index (χ3v) is 7.19. The standard InChI is InChI=1S/C30H32N4O3/c1-18-7-9-19(10-8-18)27-28-22(29(2,31)17-33-28)16-25(34-27)30(3,36)12-11-23(35)21-14-20-6-5-13-32-26(20)24(15-21)37-4/h5-10,13-16,33,36H,11-12,17,31H2,1-4H3. The topological polar surface area (TPSA) is 110 Å². The number of anilines is 1. The zero-order valence-corrected chi connectivity index (χ0v) is 21.6. The van der Waals surface area contributed by atoms with E-state index in [2.05, 4.69) is 10.3 Å². The van der Waals surface area contributed by atoms with Crippen LogP contribution in [0, 0.1) is 6.92 Å². The van der Waals surface area contributed by atoms with Gasteiger partial charge in [-0.15, -0.1) is 0 Å². The van der Waals surface area contributed by atoms with Crippen LogP contribution in [0.15, 0.2) is 60.8 Å². The molecule has 0 bridgehead atoms. The van der Waals surface area contributed by atoms with Gasteiger partial charge in [-0.3, -0.25) is 9.78 Å². The summed E-state index contributed by atoms with van der Waals surface area (Å²) in [5.41, 5.74) is 11.0. The summed E-state index contributed by atoms with van der Waals surface area (Å²) in [4.78, 5) is 22.5. The second-order valence-electron chi connectivity index (χ2n) is 10.4. The number of benzene rings is 2. The van der Waals surface area contributed by atoms with E-state index in [4.69, 9.17) is 15.5 Å². The molecule has 0 saturated carbocycles. The van der Waals surface area contributed by atoms with E-state index >= 15 is 0 Å². The highest BCUT2D eigenvalue weighted by atomic mass is 16.5. The van der Waals surface area contributed by atoms with Crippen molar-refractivity contribution in [1.82, 2.24) is 9.97 Å². The average Bonchev–Trinajstić information content (AvgIpc) is 3.21. The quantitative estimate of drug-likeness (QED) is 0.306. The molecule has 3 heterocycles. The summed E-state index contributed by atoms with van der Waals surface area (Å²) in [5.74, 6) is 0.459. The Kier molecular flexibility index (Phi) is 6.22. The van der Waals surface area contributed by atoms with Crippen molar-refractivity contribution in [3.63, 3.8) is 0 Å². The van der Waals surface area contributed by atoms with Gasteiger partial charge in [-0.1, -0.05) is 35.9 Å². The number of pyridine rings is 2. The Hall–Kier alpha value is -3.81.